The topological polar surface area (TPSA) is 185 Å². The van der Waals surface area contributed by atoms with Gasteiger partial charge in [-0.2, -0.15) is 0 Å². The Balaban J connectivity index is 0.00000722. The number of carboxylic acids is 3. The Labute approximate surface area is 251 Å². The van der Waals surface area contributed by atoms with Gasteiger partial charge >= 0.3 is 36.9 Å². The number of nitrogens with zero attached hydrogens (tertiary/aromatic N) is 4. The fourth-order valence-corrected chi connectivity index (χ4v) is 4.34. The number of hydrogen-bond donors (Lipinski definition) is 1. The smallest absolute Gasteiger partial charge is 0.548 e. The van der Waals surface area contributed by atoms with Crippen LogP contribution in [0.3, 0.4) is 0 Å². The van der Waals surface area contributed by atoms with Gasteiger partial charge in [-0.25, -0.2) is 0 Å². The van der Waals surface area contributed by atoms with Crippen molar-refractivity contribution in [3.63, 3.8) is 0 Å². The molecule has 0 bridgehead atoms. The monoisotopic (exact) mass is 689 g/mol. The van der Waals surface area contributed by atoms with Gasteiger partial charge in [0.05, 0.1) is 22.8 Å². The Morgan fingerprint density at radius 1 is 0.842 bits per heavy atom. The van der Waals surface area contributed by atoms with Gasteiger partial charge in [0.15, 0.2) is 0 Å². The standard InChI is InChI=1S/C24H37N5O8.Tm/c1-16(22(30)31)26-9-8-25-20(14-19-4-6-21(7-5-19)29(36)37)15-28(18(3)24(34)35)13-12-27(11-10-26)17(2)23(32)33;/h4-7,16-18,20,25H,8-15H2,1-3H3,(H,30,31)(H,32,33)(H,34,35);/q;+3/p-3. The van der Waals surface area contributed by atoms with Gasteiger partial charge in [-0.15, -0.1) is 0 Å². The van der Waals surface area contributed by atoms with E-state index in [-0.39, 0.29) is 81.3 Å². The van der Waals surface area contributed by atoms with E-state index in [2.05, 4.69) is 5.32 Å². The number of carboxylic acid groups (broad SMARTS) is 3. The average Bonchev–Trinajstić information content (AvgIpc) is 2.84. The number of hydrogen-bond acceptors (Lipinski definition) is 12. The molecule has 1 N–H and O–H groups in total. The molecule has 0 aliphatic carbocycles. The summed E-state index contributed by atoms with van der Waals surface area (Å²) in [5, 5.41) is 49.2. The summed E-state index contributed by atoms with van der Waals surface area (Å²) in [5.74, 6) is -3.80. The number of carbonyl (C=O) groups excluding carboxylic acids is 3. The number of non-ortho nitro benzene ring substituents is 1. The Morgan fingerprint density at radius 2 is 1.26 bits per heavy atom. The summed E-state index contributed by atoms with van der Waals surface area (Å²) in [7, 11) is 0. The minimum Gasteiger partial charge on any atom is -0.548 e. The molecule has 1 fully saturated rings. The normalized spacial score (nSPS) is 21.1. The SMILES string of the molecule is CC(C(=O)[O-])N1CCNC(Cc2ccc([N+](=O)[O-])cc2)CN(C(C)C(=O)[O-])CCN(C(C)C(=O)[O-])CC1.[Tm+3]. The van der Waals surface area contributed by atoms with E-state index in [1.165, 1.54) is 32.9 Å². The van der Waals surface area contributed by atoms with Crippen LogP contribution < -0.4 is 20.6 Å². The molecule has 1 heterocycles. The first-order valence-electron chi connectivity index (χ1n) is 12.2. The van der Waals surface area contributed by atoms with Crippen LogP contribution in [-0.4, -0.2) is 108 Å². The molecule has 1 saturated heterocycles. The first-order valence-corrected chi connectivity index (χ1v) is 12.2. The molecule has 1 aromatic carbocycles. The maximum absolute atomic E-state index is 11.7. The van der Waals surface area contributed by atoms with Gasteiger partial charge in [-0.1, -0.05) is 12.1 Å². The van der Waals surface area contributed by atoms with E-state index >= 15 is 0 Å². The molecule has 2 rings (SSSR count). The van der Waals surface area contributed by atoms with Gasteiger partial charge < -0.3 is 35.0 Å². The second kappa shape index (κ2) is 16.3. The maximum atomic E-state index is 11.7. The summed E-state index contributed by atoms with van der Waals surface area (Å²) >= 11 is 0. The largest absolute Gasteiger partial charge is 3.00 e. The van der Waals surface area contributed by atoms with E-state index < -0.39 is 41.0 Å². The third-order valence-corrected chi connectivity index (χ3v) is 6.93. The van der Waals surface area contributed by atoms with Crippen LogP contribution >= 0.6 is 0 Å². The summed E-state index contributed by atoms with van der Waals surface area (Å²) in [5.41, 5.74) is 0.750. The fraction of sp³-hybridized carbons (Fsp3) is 0.625. The average molecular weight is 689 g/mol. The molecule has 0 radical (unpaired) electrons. The van der Waals surface area contributed by atoms with Crippen LogP contribution in [0.25, 0.3) is 0 Å². The van der Waals surface area contributed by atoms with Crippen LogP contribution in [0.1, 0.15) is 26.3 Å². The minimum atomic E-state index is -1.29. The van der Waals surface area contributed by atoms with Crippen molar-refractivity contribution in [2.75, 3.05) is 45.8 Å². The summed E-state index contributed by atoms with van der Waals surface area (Å²) < 4.78 is 0. The van der Waals surface area contributed by atoms with Crippen molar-refractivity contribution in [3.8, 4) is 0 Å². The molecule has 38 heavy (non-hydrogen) atoms. The summed E-state index contributed by atoms with van der Waals surface area (Å²) in [6.45, 7) is 6.30. The number of benzene rings is 1. The third kappa shape index (κ3) is 10.3. The van der Waals surface area contributed by atoms with E-state index in [1.807, 2.05) is 0 Å². The zero-order valence-corrected chi connectivity index (χ0v) is 23.4. The van der Waals surface area contributed by atoms with E-state index in [1.54, 1.807) is 26.8 Å². The van der Waals surface area contributed by atoms with Crippen LogP contribution in [0.5, 0.6) is 0 Å². The van der Waals surface area contributed by atoms with E-state index in [9.17, 15) is 39.8 Å². The van der Waals surface area contributed by atoms with Crippen LogP contribution in [0.15, 0.2) is 24.3 Å². The van der Waals surface area contributed by atoms with Crippen LogP contribution in [-0.2, 0) is 20.8 Å². The minimum absolute atomic E-state index is 0. The number of nitro benzene ring substituents is 1. The molecule has 14 heteroatoms. The quantitative estimate of drug-likeness (QED) is 0.199. The van der Waals surface area contributed by atoms with Gasteiger partial charge in [0.25, 0.3) is 5.69 Å². The molecular weight excluding hydrogens is 655 g/mol. The molecule has 0 spiro atoms. The molecular formula is C24H34N5O8Tm. The fourth-order valence-electron chi connectivity index (χ4n) is 4.34. The second-order valence-corrected chi connectivity index (χ2v) is 9.33. The van der Waals surface area contributed by atoms with Gasteiger partial charge in [0.1, 0.15) is 0 Å². The predicted octanol–water partition coefficient (Wildman–Crippen LogP) is -3.57. The zero-order valence-electron chi connectivity index (χ0n) is 21.6. The molecule has 0 amide bonds. The first-order chi connectivity index (χ1) is 17.4. The Morgan fingerprint density at radius 3 is 1.71 bits per heavy atom. The number of nitro groups is 1. The molecule has 4 atom stereocenters. The van der Waals surface area contributed by atoms with Crippen LogP contribution in [0, 0.1) is 47.0 Å². The van der Waals surface area contributed by atoms with Crippen LogP contribution in [0.2, 0.25) is 0 Å². The van der Waals surface area contributed by atoms with Crippen molar-refractivity contribution >= 4 is 23.6 Å². The van der Waals surface area contributed by atoms with Crippen molar-refractivity contribution in [1.82, 2.24) is 20.0 Å². The van der Waals surface area contributed by atoms with E-state index in [4.69, 9.17) is 0 Å². The molecule has 1 aliphatic heterocycles. The summed E-state index contributed by atoms with van der Waals surface area (Å²) in [6.07, 6.45) is 0.420. The van der Waals surface area contributed by atoms with E-state index in [0.29, 0.717) is 19.5 Å². The Bertz CT molecular complexity index is 950. The molecule has 1 aromatic rings. The Hall–Kier alpha value is -1.90. The maximum Gasteiger partial charge on any atom is 3.00 e. The van der Waals surface area contributed by atoms with Gasteiger partial charge in [-0.05, 0) is 32.8 Å². The first kappa shape index (κ1) is 34.1. The van der Waals surface area contributed by atoms with Crippen molar-refractivity contribution in [2.24, 2.45) is 0 Å². The molecule has 0 saturated carbocycles. The van der Waals surface area contributed by atoms with Crippen LogP contribution in [0.4, 0.5) is 5.69 Å². The van der Waals surface area contributed by atoms with Crippen molar-refractivity contribution in [2.45, 2.75) is 51.4 Å². The summed E-state index contributed by atoms with van der Waals surface area (Å²) in [4.78, 5) is 50.4. The molecule has 1 aliphatic rings. The summed E-state index contributed by atoms with van der Waals surface area (Å²) in [6, 6.07) is 2.93. The van der Waals surface area contributed by atoms with Gasteiger partial charge in [0.2, 0.25) is 0 Å². The van der Waals surface area contributed by atoms with Crippen molar-refractivity contribution in [3.05, 3.63) is 39.9 Å². The second-order valence-electron chi connectivity index (χ2n) is 9.33. The molecule has 216 valence electrons. The molecule has 13 nitrogen and oxygen atoms in total. The Kier molecular flexibility index (Phi) is 14.6. The third-order valence-electron chi connectivity index (χ3n) is 6.93. The zero-order chi connectivity index (χ0) is 27.7. The predicted molar refractivity (Wildman–Crippen MR) is 127 cm³/mol. The van der Waals surface area contributed by atoms with E-state index in [0.717, 1.165) is 5.56 Å². The van der Waals surface area contributed by atoms with Gasteiger partial charge in [0, 0.05) is 82.1 Å². The van der Waals surface area contributed by atoms with Gasteiger partial charge in [-0.3, -0.25) is 24.8 Å². The number of nitrogens with one attached hydrogen (secondary N) is 1. The van der Waals surface area contributed by atoms with Crippen molar-refractivity contribution < 1.29 is 71.5 Å². The number of rotatable bonds is 9. The molecule has 4 unspecified atom stereocenters. The molecule has 0 aromatic heterocycles. The number of carbonyl (C=O) groups is 3. The van der Waals surface area contributed by atoms with Crippen molar-refractivity contribution in [1.29, 1.82) is 0 Å². The number of aliphatic carboxylic acids is 3.